The third-order valence-electron chi connectivity index (χ3n) is 3.33. The van der Waals surface area contributed by atoms with Gasteiger partial charge in [-0.15, -0.1) is 11.3 Å². The number of hydrogen-bond donors (Lipinski definition) is 2. The number of thiophene rings is 1. The van der Waals surface area contributed by atoms with Crippen LogP contribution in [0.1, 0.15) is 34.1 Å². The van der Waals surface area contributed by atoms with Gasteiger partial charge in [0.1, 0.15) is 10.3 Å². The van der Waals surface area contributed by atoms with Crippen LogP contribution in [0.5, 0.6) is 0 Å². The van der Waals surface area contributed by atoms with E-state index in [1.165, 1.54) is 18.4 Å². The maximum atomic E-state index is 12.2. The Balaban J connectivity index is 2.15. The molecule has 1 aliphatic heterocycles. The smallest absolute Gasteiger partial charge is 0.341 e. The molecule has 0 saturated carbocycles. The topological polar surface area (TPSA) is 111 Å². The number of carbonyl (C=O) groups is 3. The van der Waals surface area contributed by atoms with Crippen molar-refractivity contribution in [3.63, 3.8) is 0 Å². The first-order chi connectivity index (χ1) is 10.9. The molecule has 0 fully saturated rings. The maximum Gasteiger partial charge on any atom is 0.341 e. The highest BCUT2D eigenvalue weighted by atomic mass is 32.2. The first-order valence-corrected chi connectivity index (χ1v) is 8.62. The van der Waals surface area contributed by atoms with Crippen LogP contribution in [0.2, 0.25) is 0 Å². The highest BCUT2D eigenvalue weighted by Crippen LogP contribution is 2.34. The second-order valence-corrected chi connectivity index (χ2v) is 7.28. The first-order valence-electron chi connectivity index (χ1n) is 6.92. The molecule has 9 heteroatoms. The molecular weight excluding hydrogens is 338 g/mol. The third kappa shape index (κ3) is 3.73. The molecule has 0 saturated heterocycles. The molecule has 1 aromatic rings. The van der Waals surface area contributed by atoms with Crippen molar-refractivity contribution in [2.75, 3.05) is 12.4 Å². The Labute approximate surface area is 141 Å². The number of nitrogens with zero attached hydrogens (tertiary/aromatic N) is 1. The van der Waals surface area contributed by atoms with Gasteiger partial charge >= 0.3 is 5.97 Å². The van der Waals surface area contributed by atoms with Crippen LogP contribution in [0.3, 0.4) is 0 Å². The van der Waals surface area contributed by atoms with Gasteiger partial charge < -0.3 is 15.8 Å². The number of nitrogens with two attached hydrogens (primary N) is 1. The van der Waals surface area contributed by atoms with Crippen LogP contribution in [0.25, 0.3) is 0 Å². The van der Waals surface area contributed by atoms with Gasteiger partial charge in [-0.05, 0) is 18.9 Å². The molecule has 0 aliphatic carbocycles. The minimum absolute atomic E-state index is 0.0489. The number of aliphatic imine (C=N–C) groups is 1. The number of ether oxygens (including phenoxy) is 1. The van der Waals surface area contributed by atoms with E-state index in [9.17, 15) is 14.4 Å². The predicted molar refractivity (Wildman–Crippen MR) is 91.0 cm³/mol. The van der Waals surface area contributed by atoms with Gasteiger partial charge in [-0.2, -0.15) is 4.99 Å². The number of hydrogen-bond acceptors (Lipinski definition) is 7. The van der Waals surface area contributed by atoms with Crippen molar-refractivity contribution in [3.05, 3.63) is 16.0 Å². The van der Waals surface area contributed by atoms with E-state index in [-0.39, 0.29) is 17.5 Å². The quantitative estimate of drug-likeness (QED) is 0.778. The number of thioether (sulfide) groups is 1. The van der Waals surface area contributed by atoms with Crippen LogP contribution in [0.15, 0.2) is 4.99 Å². The van der Waals surface area contributed by atoms with Gasteiger partial charge in [0.15, 0.2) is 5.17 Å². The summed E-state index contributed by atoms with van der Waals surface area (Å²) in [6, 6.07) is 0. The summed E-state index contributed by atoms with van der Waals surface area (Å²) in [5, 5.41) is 2.71. The van der Waals surface area contributed by atoms with Crippen LogP contribution in [0.4, 0.5) is 5.00 Å². The van der Waals surface area contributed by atoms with Crippen LogP contribution in [0, 0.1) is 6.92 Å². The van der Waals surface area contributed by atoms with Gasteiger partial charge in [0, 0.05) is 11.3 Å². The molecule has 0 unspecified atom stereocenters. The highest BCUT2D eigenvalue weighted by Gasteiger charge is 2.30. The monoisotopic (exact) mass is 355 g/mol. The molecule has 1 aromatic heterocycles. The number of aryl methyl sites for hydroxylation is 1. The Hall–Kier alpha value is -1.87. The van der Waals surface area contributed by atoms with Crippen molar-refractivity contribution in [2.45, 2.75) is 31.9 Å². The van der Waals surface area contributed by atoms with E-state index in [2.05, 4.69) is 10.3 Å². The van der Waals surface area contributed by atoms with E-state index < -0.39 is 17.1 Å². The summed E-state index contributed by atoms with van der Waals surface area (Å²) in [6.45, 7) is 3.82. The van der Waals surface area contributed by atoms with E-state index in [1.807, 2.05) is 13.8 Å². The van der Waals surface area contributed by atoms with Gasteiger partial charge in [-0.3, -0.25) is 9.59 Å². The highest BCUT2D eigenvalue weighted by molar-refractivity contribution is 8.15. The molecule has 0 radical (unpaired) electrons. The normalized spacial score (nSPS) is 17.1. The number of methoxy groups -OCH3 is 1. The standard InChI is InChI=1S/C14H17N3O4S2/c1-4-7-6(2)22-12(10(7)13(20)21-3)16-9(18)5-8-11(19)17-14(15)23-8/h8H,4-5H2,1-3H3,(H,16,18)(H2,15,17,19)/t8-/m0/s1. The molecule has 2 heterocycles. The van der Waals surface area contributed by atoms with Gasteiger partial charge in [0.2, 0.25) is 5.91 Å². The van der Waals surface area contributed by atoms with Crippen molar-refractivity contribution in [3.8, 4) is 0 Å². The van der Waals surface area contributed by atoms with Gasteiger partial charge in [-0.1, -0.05) is 18.7 Å². The summed E-state index contributed by atoms with van der Waals surface area (Å²) in [6.07, 6.45) is 0.608. The molecule has 7 nitrogen and oxygen atoms in total. The average molecular weight is 355 g/mol. The summed E-state index contributed by atoms with van der Waals surface area (Å²) in [7, 11) is 1.30. The zero-order chi connectivity index (χ0) is 17.1. The van der Waals surface area contributed by atoms with E-state index >= 15 is 0 Å². The zero-order valence-corrected chi connectivity index (χ0v) is 14.6. The van der Waals surface area contributed by atoms with Crippen LogP contribution < -0.4 is 11.1 Å². The van der Waals surface area contributed by atoms with Crippen LogP contribution >= 0.6 is 23.1 Å². The van der Waals surface area contributed by atoms with E-state index in [0.29, 0.717) is 17.0 Å². The molecule has 124 valence electrons. The zero-order valence-electron chi connectivity index (χ0n) is 13.0. The molecule has 2 amide bonds. The number of anilines is 1. The number of amides is 2. The average Bonchev–Trinajstić information content (AvgIpc) is 2.96. The second-order valence-electron chi connectivity index (χ2n) is 4.83. The lowest BCUT2D eigenvalue weighted by atomic mass is 10.1. The van der Waals surface area contributed by atoms with Gasteiger partial charge in [-0.25, -0.2) is 4.79 Å². The number of amidine groups is 1. The molecule has 0 bridgehead atoms. The third-order valence-corrected chi connectivity index (χ3v) is 5.38. The molecule has 0 aromatic carbocycles. The number of nitrogens with one attached hydrogen (secondary N) is 1. The molecule has 3 N–H and O–H groups in total. The lowest BCUT2D eigenvalue weighted by Gasteiger charge is -2.08. The fourth-order valence-corrected chi connectivity index (χ4v) is 4.26. The first kappa shape index (κ1) is 17.5. The van der Waals surface area contributed by atoms with Crippen molar-refractivity contribution >= 4 is 51.1 Å². The maximum absolute atomic E-state index is 12.2. The number of carbonyl (C=O) groups excluding carboxylic acids is 3. The molecule has 1 atom stereocenters. The van der Waals surface area contributed by atoms with Crippen LogP contribution in [-0.4, -0.2) is 35.3 Å². The number of rotatable bonds is 5. The van der Waals surface area contributed by atoms with Gasteiger partial charge in [0.05, 0.1) is 12.7 Å². The Bertz CT molecular complexity index is 696. The van der Waals surface area contributed by atoms with Crippen molar-refractivity contribution in [1.29, 1.82) is 0 Å². The lowest BCUT2D eigenvalue weighted by Crippen LogP contribution is -2.22. The molecule has 0 spiro atoms. The lowest BCUT2D eigenvalue weighted by molar-refractivity contribution is -0.121. The molecule has 23 heavy (non-hydrogen) atoms. The summed E-state index contributed by atoms with van der Waals surface area (Å²) >= 11 is 2.39. The minimum Gasteiger partial charge on any atom is -0.465 e. The largest absolute Gasteiger partial charge is 0.465 e. The summed E-state index contributed by atoms with van der Waals surface area (Å²) < 4.78 is 4.80. The SMILES string of the molecule is CCc1c(C)sc(NC(=O)C[C@@H]2SC(N)=NC2=O)c1C(=O)OC. The van der Waals surface area contributed by atoms with E-state index in [0.717, 1.165) is 22.2 Å². The predicted octanol–water partition coefficient (Wildman–Crippen LogP) is 1.69. The van der Waals surface area contributed by atoms with Gasteiger partial charge in [0.25, 0.3) is 5.91 Å². The van der Waals surface area contributed by atoms with E-state index in [4.69, 9.17) is 10.5 Å². The Morgan fingerprint density at radius 1 is 1.43 bits per heavy atom. The van der Waals surface area contributed by atoms with Crippen LogP contribution in [-0.2, 0) is 20.7 Å². The fourth-order valence-electron chi connectivity index (χ4n) is 2.29. The molecular formula is C14H17N3O4S2. The minimum atomic E-state index is -0.608. The van der Waals surface area contributed by atoms with E-state index in [1.54, 1.807) is 0 Å². The summed E-state index contributed by atoms with van der Waals surface area (Å²) in [5.74, 6) is -1.26. The second kappa shape index (κ2) is 7.14. The summed E-state index contributed by atoms with van der Waals surface area (Å²) in [4.78, 5) is 40.3. The Morgan fingerprint density at radius 3 is 2.65 bits per heavy atom. The van der Waals surface area contributed by atoms with Crippen molar-refractivity contribution in [1.82, 2.24) is 0 Å². The fraction of sp³-hybridized carbons (Fsp3) is 0.429. The van der Waals surface area contributed by atoms with Crippen molar-refractivity contribution < 1.29 is 19.1 Å². The summed E-state index contributed by atoms with van der Waals surface area (Å²) in [5.41, 5.74) is 6.71. The van der Waals surface area contributed by atoms with Crippen molar-refractivity contribution in [2.24, 2.45) is 10.7 Å². The Kier molecular flexibility index (Phi) is 5.42. The number of esters is 1. The Morgan fingerprint density at radius 2 is 2.13 bits per heavy atom. The molecule has 1 aliphatic rings. The molecule has 2 rings (SSSR count).